The van der Waals surface area contributed by atoms with Crippen molar-refractivity contribution in [3.05, 3.63) is 110 Å². The summed E-state index contributed by atoms with van der Waals surface area (Å²) < 4.78 is 7.23. The molecule has 0 amide bonds. The molecule has 0 saturated heterocycles. The molecular formula is C32H32N2O3S. The first-order chi connectivity index (χ1) is 18.3. The predicted molar refractivity (Wildman–Crippen MR) is 157 cm³/mol. The molecule has 0 aliphatic carbocycles. The van der Waals surface area contributed by atoms with E-state index in [1.807, 2.05) is 49.4 Å². The van der Waals surface area contributed by atoms with Crippen molar-refractivity contribution in [2.24, 2.45) is 0 Å². The number of benzene rings is 3. The molecule has 0 aliphatic heterocycles. The summed E-state index contributed by atoms with van der Waals surface area (Å²) in [5.74, 6) is 1.26. The van der Waals surface area contributed by atoms with Crippen LogP contribution in [-0.2, 0) is 5.75 Å². The standard InChI is InChI=1S/C32H32N2O3S/c1-6-20(4)22-11-13-24(14-12-22)34-31(36)25-9-7-8-10-28(25)33-32(34)38-18-23-16-30(35)37-29-15-21(5)26(19(2)3)17-27(23)29/h7-17,19-20H,6,18H2,1-5H3. The van der Waals surface area contributed by atoms with Gasteiger partial charge in [0.05, 0.1) is 16.6 Å². The quantitative estimate of drug-likeness (QED) is 0.124. The van der Waals surface area contributed by atoms with Crippen LogP contribution in [0.2, 0.25) is 0 Å². The van der Waals surface area contributed by atoms with Crippen LogP contribution in [0.4, 0.5) is 0 Å². The van der Waals surface area contributed by atoms with E-state index in [0.29, 0.717) is 39.2 Å². The maximum absolute atomic E-state index is 13.7. The molecule has 6 heteroatoms. The molecule has 0 bridgehead atoms. The molecule has 194 valence electrons. The molecule has 5 aromatic rings. The van der Waals surface area contributed by atoms with Gasteiger partial charge in [-0.2, -0.15) is 0 Å². The lowest BCUT2D eigenvalue weighted by Gasteiger charge is -2.16. The van der Waals surface area contributed by atoms with Gasteiger partial charge in [0.2, 0.25) is 0 Å². The Balaban J connectivity index is 1.62. The van der Waals surface area contributed by atoms with E-state index >= 15 is 0 Å². The Hall–Kier alpha value is -3.64. The maximum Gasteiger partial charge on any atom is 0.336 e. The molecule has 2 aromatic heterocycles. The van der Waals surface area contributed by atoms with E-state index in [1.54, 1.807) is 10.6 Å². The Kier molecular flexibility index (Phi) is 7.26. The van der Waals surface area contributed by atoms with Crippen LogP contribution in [-0.4, -0.2) is 9.55 Å². The zero-order valence-electron chi connectivity index (χ0n) is 22.4. The van der Waals surface area contributed by atoms with Gasteiger partial charge < -0.3 is 4.42 Å². The van der Waals surface area contributed by atoms with Crippen LogP contribution in [0, 0.1) is 6.92 Å². The summed E-state index contributed by atoms with van der Waals surface area (Å²) in [7, 11) is 0. The summed E-state index contributed by atoms with van der Waals surface area (Å²) >= 11 is 1.45. The van der Waals surface area contributed by atoms with E-state index in [1.165, 1.54) is 22.9 Å². The van der Waals surface area contributed by atoms with E-state index in [-0.39, 0.29) is 11.2 Å². The summed E-state index contributed by atoms with van der Waals surface area (Å²) in [6, 6.07) is 21.2. The highest BCUT2D eigenvalue weighted by molar-refractivity contribution is 7.98. The van der Waals surface area contributed by atoms with Gasteiger partial charge in [-0.15, -0.1) is 0 Å². The minimum Gasteiger partial charge on any atom is -0.423 e. The average molecular weight is 525 g/mol. The van der Waals surface area contributed by atoms with Gasteiger partial charge >= 0.3 is 5.63 Å². The minimum atomic E-state index is -0.380. The molecule has 0 fully saturated rings. The van der Waals surface area contributed by atoms with Crippen LogP contribution in [0.1, 0.15) is 68.2 Å². The van der Waals surface area contributed by atoms with E-state index < -0.39 is 0 Å². The third-order valence-electron chi connectivity index (χ3n) is 7.27. The lowest BCUT2D eigenvalue weighted by molar-refractivity contribution is 0.559. The van der Waals surface area contributed by atoms with E-state index in [0.717, 1.165) is 28.6 Å². The minimum absolute atomic E-state index is 0.107. The third kappa shape index (κ3) is 4.93. The molecule has 0 saturated carbocycles. The Labute approximate surface area is 226 Å². The number of aryl methyl sites for hydroxylation is 1. The van der Waals surface area contributed by atoms with E-state index in [2.05, 4.69) is 45.9 Å². The van der Waals surface area contributed by atoms with Crippen LogP contribution in [0.15, 0.2) is 85.9 Å². The predicted octanol–water partition coefficient (Wildman–Crippen LogP) is 7.73. The number of hydrogen-bond donors (Lipinski definition) is 0. The first-order valence-electron chi connectivity index (χ1n) is 13.1. The molecule has 3 aromatic carbocycles. The molecule has 38 heavy (non-hydrogen) atoms. The van der Waals surface area contributed by atoms with Crippen molar-refractivity contribution in [1.82, 2.24) is 9.55 Å². The van der Waals surface area contributed by atoms with Gasteiger partial charge in [0.15, 0.2) is 5.16 Å². The molecule has 0 N–H and O–H groups in total. The Morgan fingerprint density at radius 1 is 0.947 bits per heavy atom. The molecular weight excluding hydrogens is 492 g/mol. The maximum atomic E-state index is 13.7. The number of para-hydroxylation sites is 1. The summed E-state index contributed by atoms with van der Waals surface area (Å²) in [6.07, 6.45) is 1.05. The van der Waals surface area contributed by atoms with Gasteiger partial charge in [-0.1, -0.05) is 63.7 Å². The van der Waals surface area contributed by atoms with Crippen molar-refractivity contribution in [1.29, 1.82) is 0 Å². The molecule has 5 nitrogen and oxygen atoms in total. The number of thioether (sulfide) groups is 1. The van der Waals surface area contributed by atoms with Crippen LogP contribution < -0.4 is 11.2 Å². The lowest BCUT2D eigenvalue weighted by Crippen LogP contribution is -2.21. The topological polar surface area (TPSA) is 65.1 Å². The highest BCUT2D eigenvalue weighted by atomic mass is 32.2. The fraction of sp³-hybridized carbons (Fsp3) is 0.281. The lowest BCUT2D eigenvalue weighted by atomic mass is 9.95. The van der Waals surface area contributed by atoms with E-state index in [9.17, 15) is 9.59 Å². The third-order valence-corrected chi connectivity index (χ3v) is 8.26. The fourth-order valence-electron chi connectivity index (χ4n) is 4.90. The molecule has 0 aliphatic rings. The molecule has 0 radical (unpaired) electrons. The largest absolute Gasteiger partial charge is 0.423 e. The number of rotatable bonds is 7. The van der Waals surface area contributed by atoms with Crippen molar-refractivity contribution >= 4 is 33.6 Å². The molecule has 0 spiro atoms. The monoisotopic (exact) mass is 524 g/mol. The number of nitrogens with zero attached hydrogens (tertiary/aromatic N) is 2. The van der Waals surface area contributed by atoms with Crippen molar-refractivity contribution in [2.75, 3.05) is 0 Å². The van der Waals surface area contributed by atoms with Gasteiger partial charge in [-0.3, -0.25) is 9.36 Å². The van der Waals surface area contributed by atoms with Crippen LogP contribution in [0.5, 0.6) is 0 Å². The second kappa shape index (κ2) is 10.6. The summed E-state index contributed by atoms with van der Waals surface area (Å²) in [5, 5.41) is 2.08. The fourth-order valence-corrected chi connectivity index (χ4v) is 5.90. The van der Waals surface area contributed by atoms with Gasteiger partial charge in [0.25, 0.3) is 5.56 Å². The highest BCUT2D eigenvalue weighted by Gasteiger charge is 2.16. The summed E-state index contributed by atoms with van der Waals surface area (Å²) in [6.45, 7) is 10.7. The van der Waals surface area contributed by atoms with Gasteiger partial charge in [-0.25, -0.2) is 9.78 Å². The van der Waals surface area contributed by atoms with Crippen LogP contribution in [0.25, 0.3) is 27.6 Å². The zero-order chi connectivity index (χ0) is 27.0. The van der Waals surface area contributed by atoms with Crippen molar-refractivity contribution < 1.29 is 4.42 Å². The Morgan fingerprint density at radius 3 is 2.39 bits per heavy atom. The first-order valence-corrected chi connectivity index (χ1v) is 14.1. The number of fused-ring (bicyclic) bond motifs is 2. The van der Waals surface area contributed by atoms with Crippen molar-refractivity contribution in [3.8, 4) is 5.69 Å². The summed E-state index contributed by atoms with van der Waals surface area (Å²) in [5.41, 5.74) is 5.96. The summed E-state index contributed by atoms with van der Waals surface area (Å²) in [4.78, 5) is 31.0. The Bertz CT molecular complexity index is 1750. The smallest absolute Gasteiger partial charge is 0.336 e. The van der Waals surface area contributed by atoms with Crippen LogP contribution >= 0.6 is 11.8 Å². The number of aromatic nitrogens is 2. The molecule has 1 unspecified atom stereocenters. The van der Waals surface area contributed by atoms with Crippen molar-refractivity contribution in [2.45, 2.75) is 63.8 Å². The SMILES string of the molecule is CCC(C)c1ccc(-n2c(SCc3cc(=O)oc4cc(C)c(C(C)C)cc34)nc3ccccc3c2=O)cc1. The van der Waals surface area contributed by atoms with Gasteiger partial charge in [0.1, 0.15) is 5.58 Å². The zero-order valence-corrected chi connectivity index (χ0v) is 23.3. The highest BCUT2D eigenvalue weighted by Crippen LogP contribution is 2.31. The van der Waals surface area contributed by atoms with E-state index in [4.69, 9.17) is 9.40 Å². The van der Waals surface area contributed by atoms with Crippen LogP contribution in [0.3, 0.4) is 0 Å². The molecule has 5 rings (SSSR count). The first kappa shape index (κ1) is 26.0. The van der Waals surface area contributed by atoms with Crippen molar-refractivity contribution in [3.63, 3.8) is 0 Å². The average Bonchev–Trinajstić information content (AvgIpc) is 2.91. The second-order valence-corrected chi connectivity index (χ2v) is 11.1. The second-order valence-electron chi connectivity index (χ2n) is 10.2. The normalized spacial score (nSPS) is 12.5. The number of hydrogen-bond acceptors (Lipinski definition) is 5. The molecule has 2 heterocycles. The van der Waals surface area contributed by atoms with Gasteiger partial charge in [-0.05, 0) is 83.8 Å². The van der Waals surface area contributed by atoms with Gasteiger partial charge in [0, 0.05) is 17.2 Å². The Morgan fingerprint density at radius 2 is 1.68 bits per heavy atom. The molecule has 1 atom stereocenters.